The molecule has 0 aliphatic heterocycles. The number of aryl methyl sites for hydroxylation is 2. The van der Waals surface area contributed by atoms with Gasteiger partial charge in [0.15, 0.2) is 24.8 Å². The third-order valence-corrected chi connectivity index (χ3v) is 11.3. The maximum absolute atomic E-state index is 12.5. The van der Waals surface area contributed by atoms with Gasteiger partial charge in [-0.1, -0.05) is 168 Å². The lowest BCUT2D eigenvalue weighted by Gasteiger charge is -2.06. The normalized spacial score (nSPS) is 11.2. The van der Waals surface area contributed by atoms with Crippen LogP contribution in [0.25, 0.3) is 0 Å². The minimum Gasteiger partial charge on any atom is -0.462 e. The van der Waals surface area contributed by atoms with Crippen LogP contribution in [0.5, 0.6) is 0 Å². The molecule has 0 aliphatic carbocycles. The quantitative estimate of drug-likeness (QED) is 0.0385. The van der Waals surface area contributed by atoms with Gasteiger partial charge in [-0.2, -0.15) is 0 Å². The Kier molecular flexibility index (Phi) is 32.3. The summed E-state index contributed by atoms with van der Waals surface area (Å²) in [5, 5.41) is 0. The Labute approximate surface area is 344 Å². The number of rotatable bonds is 39. The number of hydrogen-bond acceptors (Lipinski definition) is 4. The molecule has 0 N–H and O–H groups in total. The second kappa shape index (κ2) is 36.6. The minimum atomic E-state index is -0.258. The van der Waals surface area contributed by atoms with Gasteiger partial charge in [-0.05, 0) is 38.5 Å². The van der Waals surface area contributed by atoms with Crippen molar-refractivity contribution in [2.45, 2.75) is 232 Å². The summed E-state index contributed by atoms with van der Waals surface area (Å²) >= 11 is 0. The molecule has 0 aromatic carbocycles. The zero-order valence-electron chi connectivity index (χ0n) is 36.6. The van der Waals surface area contributed by atoms with E-state index in [0.717, 1.165) is 38.8 Å². The van der Waals surface area contributed by atoms with E-state index in [1.165, 1.54) is 180 Å². The largest absolute Gasteiger partial charge is 0.462 e. The van der Waals surface area contributed by atoms with Gasteiger partial charge < -0.3 is 9.47 Å². The van der Waals surface area contributed by atoms with E-state index < -0.39 is 0 Å². The zero-order valence-corrected chi connectivity index (χ0v) is 36.6. The average molecular weight is 779 g/mol. The Morgan fingerprint density at radius 3 is 0.857 bits per heavy atom. The highest BCUT2D eigenvalue weighted by Crippen LogP contribution is 2.15. The number of hydrogen-bond donors (Lipinski definition) is 0. The van der Waals surface area contributed by atoms with E-state index in [1.807, 2.05) is 49.1 Å². The van der Waals surface area contributed by atoms with Crippen molar-refractivity contribution in [2.75, 3.05) is 13.2 Å². The Hall–Kier alpha value is -2.76. The molecular formula is C50H86N2O4+2. The van der Waals surface area contributed by atoms with Crippen LogP contribution in [0.4, 0.5) is 0 Å². The fourth-order valence-corrected chi connectivity index (χ4v) is 7.52. The second-order valence-electron chi connectivity index (χ2n) is 16.5. The van der Waals surface area contributed by atoms with E-state index in [4.69, 9.17) is 9.47 Å². The van der Waals surface area contributed by atoms with Gasteiger partial charge in [0.2, 0.25) is 0 Å². The van der Waals surface area contributed by atoms with Crippen molar-refractivity contribution in [1.82, 2.24) is 0 Å². The van der Waals surface area contributed by atoms with Gasteiger partial charge in [-0.15, -0.1) is 0 Å². The first-order valence-electron chi connectivity index (χ1n) is 24.0. The molecule has 6 nitrogen and oxygen atoms in total. The van der Waals surface area contributed by atoms with Crippen LogP contribution in [0, 0.1) is 0 Å². The Balaban J connectivity index is 1.38. The van der Waals surface area contributed by atoms with Crippen molar-refractivity contribution in [2.24, 2.45) is 0 Å². The molecule has 6 heteroatoms. The van der Waals surface area contributed by atoms with Gasteiger partial charge in [0.25, 0.3) is 0 Å². The van der Waals surface area contributed by atoms with Crippen LogP contribution in [0.2, 0.25) is 0 Å². The molecule has 0 aliphatic rings. The van der Waals surface area contributed by atoms with E-state index in [1.54, 1.807) is 0 Å². The number of aromatic nitrogens is 2. The summed E-state index contributed by atoms with van der Waals surface area (Å²) in [5.41, 5.74) is 1.21. The van der Waals surface area contributed by atoms with Gasteiger partial charge in [-0.3, -0.25) is 0 Å². The number of ether oxygens (including phenoxy) is 2. The molecular weight excluding hydrogens is 693 g/mol. The first-order valence-corrected chi connectivity index (χ1v) is 24.0. The van der Waals surface area contributed by atoms with Crippen LogP contribution in [0.3, 0.4) is 0 Å². The fourth-order valence-electron chi connectivity index (χ4n) is 7.52. The smallest absolute Gasteiger partial charge is 0.338 e. The number of nitrogens with zero attached hydrogens (tertiary/aromatic N) is 2. The first-order chi connectivity index (χ1) is 27.6. The van der Waals surface area contributed by atoms with E-state index in [2.05, 4.69) is 23.0 Å². The van der Waals surface area contributed by atoms with Crippen LogP contribution in [0.1, 0.15) is 240 Å². The fraction of sp³-hybridized carbons (Fsp3) is 0.760. The maximum Gasteiger partial charge on any atom is 0.338 e. The predicted molar refractivity (Wildman–Crippen MR) is 233 cm³/mol. The van der Waals surface area contributed by atoms with Crippen molar-refractivity contribution >= 4 is 11.9 Å². The van der Waals surface area contributed by atoms with Crippen molar-refractivity contribution in [3.63, 3.8) is 0 Å². The summed E-state index contributed by atoms with van der Waals surface area (Å²) in [6, 6.07) is 7.48. The number of esters is 2. The van der Waals surface area contributed by atoms with Crippen molar-refractivity contribution in [3.8, 4) is 0 Å². The highest BCUT2D eigenvalue weighted by atomic mass is 16.5. The molecule has 0 fully saturated rings. The standard InChI is InChI=1S/C50H86N2O4/c1-3-5-7-9-11-13-15-17-19-21-23-25-27-31-39-51-41-35-47(36-42-51)49(53)55-45-33-29-30-34-46-56-50(54)48-37-43-52(44-38-48)40-32-28-26-24-22-20-18-16-14-12-10-8-6-4-2/h35-38,41-44H,3-34,39-40,45-46H2,1-2H3/q+2. The Morgan fingerprint density at radius 2 is 0.589 bits per heavy atom. The van der Waals surface area contributed by atoms with Crippen LogP contribution in [-0.2, 0) is 22.6 Å². The molecule has 2 aromatic rings. The van der Waals surface area contributed by atoms with Crippen LogP contribution in [0.15, 0.2) is 49.1 Å². The van der Waals surface area contributed by atoms with Crippen LogP contribution < -0.4 is 9.13 Å². The lowest BCUT2D eigenvalue weighted by atomic mass is 10.0. The van der Waals surface area contributed by atoms with Crippen LogP contribution in [-0.4, -0.2) is 25.2 Å². The minimum absolute atomic E-state index is 0.258. The van der Waals surface area contributed by atoms with Crippen molar-refractivity contribution in [3.05, 3.63) is 60.2 Å². The molecule has 56 heavy (non-hydrogen) atoms. The summed E-state index contributed by atoms with van der Waals surface area (Å²) in [6.45, 7) is 7.38. The summed E-state index contributed by atoms with van der Waals surface area (Å²) in [4.78, 5) is 25.0. The lowest BCUT2D eigenvalue weighted by molar-refractivity contribution is -0.697. The molecule has 0 spiro atoms. The highest BCUT2D eigenvalue weighted by molar-refractivity contribution is 5.89. The molecule has 0 unspecified atom stereocenters. The molecule has 0 radical (unpaired) electrons. The third-order valence-electron chi connectivity index (χ3n) is 11.3. The zero-order chi connectivity index (χ0) is 40.0. The van der Waals surface area contributed by atoms with Gasteiger partial charge >= 0.3 is 11.9 Å². The molecule has 2 aromatic heterocycles. The molecule has 318 valence electrons. The van der Waals surface area contributed by atoms with Crippen LogP contribution >= 0.6 is 0 Å². The van der Waals surface area contributed by atoms with E-state index in [-0.39, 0.29) is 11.9 Å². The molecule has 0 atom stereocenters. The van der Waals surface area contributed by atoms with Crippen molar-refractivity contribution < 1.29 is 28.2 Å². The summed E-state index contributed by atoms with van der Waals surface area (Å²) in [7, 11) is 0. The van der Waals surface area contributed by atoms with E-state index in [0.29, 0.717) is 24.3 Å². The van der Waals surface area contributed by atoms with Gasteiger partial charge in [0, 0.05) is 37.1 Å². The number of pyridine rings is 2. The maximum atomic E-state index is 12.5. The summed E-state index contributed by atoms with van der Waals surface area (Å²) in [6.07, 6.45) is 49.8. The van der Waals surface area contributed by atoms with Gasteiger partial charge in [-0.25, -0.2) is 18.7 Å². The van der Waals surface area contributed by atoms with Crippen molar-refractivity contribution in [1.29, 1.82) is 0 Å². The Morgan fingerprint density at radius 1 is 0.357 bits per heavy atom. The third kappa shape index (κ3) is 27.8. The van der Waals surface area contributed by atoms with Gasteiger partial charge in [0.05, 0.1) is 24.3 Å². The number of carbonyl (C=O) groups excluding carboxylic acids is 2. The van der Waals surface area contributed by atoms with Gasteiger partial charge in [0.1, 0.15) is 13.1 Å². The van der Waals surface area contributed by atoms with E-state index in [9.17, 15) is 9.59 Å². The topological polar surface area (TPSA) is 60.4 Å². The molecule has 2 rings (SSSR count). The average Bonchev–Trinajstić information content (AvgIpc) is 3.22. The SMILES string of the molecule is CCCCCCCCCCCCCCCC[n+]1ccc(C(=O)OCCCCCCOC(=O)c2cc[n+](CCCCCCCCCCCCCCCC)cc2)cc1. The van der Waals surface area contributed by atoms with E-state index >= 15 is 0 Å². The summed E-state index contributed by atoms with van der Waals surface area (Å²) < 4.78 is 15.3. The number of carbonyl (C=O) groups is 2. The lowest BCUT2D eigenvalue weighted by Crippen LogP contribution is -2.32. The molecule has 0 saturated carbocycles. The first kappa shape index (κ1) is 49.4. The summed E-state index contributed by atoms with van der Waals surface area (Å²) in [5.74, 6) is -0.516. The molecule has 0 amide bonds. The number of unbranched alkanes of at least 4 members (excludes halogenated alkanes) is 29. The molecule has 0 saturated heterocycles. The highest BCUT2D eigenvalue weighted by Gasteiger charge is 2.11. The molecule has 2 heterocycles. The monoisotopic (exact) mass is 779 g/mol. The molecule has 0 bridgehead atoms. The Bertz CT molecular complexity index is 1090. The second-order valence-corrected chi connectivity index (χ2v) is 16.5. The predicted octanol–water partition coefficient (Wildman–Crippen LogP) is 13.8.